The number of halogens is 3. The van der Waals surface area contributed by atoms with Crippen molar-refractivity contribution in [3.63, 3.8) is 0 Å². The number of carbonyl (C=O) groups is 1. The van der Waals surface area contributed by atoms with Crippen LogP contribution < -0.4 is 4.74 Å². The van der Waals surface area contributed by atoms with E-state index in [1.807, 2.05) is 0 Å². The molecule has 1 aliphatic heterocycles. The number of benzene rings is 1. The number of ether oxygens (including phenoxy) is 1. The van der Waals surface area contributed by atoms with Crippen molar-refractivity contribution in [2.75, 3.05) is 0 Å². The molecular formula is C8H3Br2FO2. The van der Waals surface area contributed by atoms with Crippen LogP contribution in [0.1, 0.15) is 10.4 Å². The van der Waals surface area contributed by atoms with E-state index >= 15 is 0 Å². The second-order valence-corrected chi connectivity index (χ2v) is 4.22. The molecule has 1 aliphatic rings. The van der Waals surface area contributed by atoms with E-state index in [2.05, 4.69) is 31.9 Å². The molecule has 0 saturated carbocycles. The summed E-state index contributed by atoms with van der Waals surface area (Å²) in [5.41, 5.74) is 0.280. The average Bonchev–Trinajstić information content (AvgIpc) is 2.38. The molecule has 1 aromatic rings. The predicted molar refractivity (Wildman–Crippen MR) is 51.8 cm³/mol. The van der Waals surface area contributed by atoms with Crippen LogP contribution in [-0.4, -0.2) is 10.8 Å². The molecule has 0 amide bonds. The lowest BCUT2D eigenvalue weighted by molar-refractivity contribution is 0.0941. The van der Waals surface area contributed by atoms with Gasteiger partial charge < -0.3 is 4.74 Å². The molecule has 0 saturated heterocycles. The number of Topliss-reactive ketones (excluding diaryl/α,β-unsaturated/α-hetero) is 1. The van der Waals surface area contributed by atoms with Crippen LogP contribution in [0, 0.1) is 5.82 Å². The van der Waals surface area contributed by atoms with Crippen LogP contribution in [0.2, 0.25) is 0 Å². The molecule has 2 rings (SSSR count). The standard InChI is InChI=1S/C8H3Br2FO2/c9-4-2-1-3-6(12)8(10)13-7(3)5(4)11/h1-2,8H/t8-/m0/s1. The van der Waals surface area contributed by atoms with Crippen LogP contribution in [0.15, 0.2) is 16.6 Å². The van der Waals surface area contributed by atoms with Crippen LogP contribution in [-0.2, 0) is 0 Å². The third kappa shape index (κ3) is 1.30. The first-order valence-corrected chi connectivity index (χ1v) is 5.15. The van der Waals surface area contributed by atoms with Crippen molar-refractivity contribution < 1.29 is 13.9 Å². The van der Waals surface area contributed by atoms with E-state index < -0.39 is 10.8 Å². The summed E-state index contributed by atoms with van der Waals surface area (Å²) in [5.74, 6) is -0.768. The Kier molecular flexibility index (Phi) is 2.15. The lowest BCUT2D eigenvalue weighted by atomic mass is 10.1. The number of hydrogen-bond donors (Lipinski definition) is 0. The quantitative estimate of drug-likeness (QED) is 0.689. The van der Waals surface area contributed by atoms with Gasteiger partial charge in [-0.15, -0.1) is 0 Å². The van der Waals surface area contributed by atoms with E-state index in [0.29, 0.717) is 4.47 Å². The van der Waals surface area contributed by atoms with Crippen LogP contribution in [0.5, 0.6) is 5.75 Å². The van der Waals surface area contributed by atoms with Crippen molar-refractivity contribution in [2.45, 2.75) is 5.01 Å². The molecule has 0 unspecified atom stereocenters. The first-order valence-electron chi connectivity index (χ1n) is 3.44. The minimum absolute atomic E-state index is 0.0150. The first kappa shape index (κ1) is 9.15. The zero-order valence-corrected chi connectivity index (χ0v) is 9.35. The first-order chi connectivity index (χ1) is 6.11. The van der Waals surface area contributed by atoms with Crippen LogP contribution in [0.25, 0.3) is 0 Å². The van der Waals surface area contributed by atoms with E-state index in [-0.39, 0.29) is 17.1 Å². The highest BCUT2D eigenvalue weighted by Gasteiger charge is 2.33. The van der Waals surface area contributed by atoms with E-state index in [4.69, 9.17) is 4.74 Å². The maximum Gasteiger partial charge on any atom is 0.218 e. The molecule has 0 fully saturated rings. The number of carbonyl (C=O) groups excluding carboxylic acids is 1. The minimum atomic E-state index is -0.758. The molecule has 2 nitrogen and oxygen atoms in total. The van der Waals surface area contributed by atoms with Crippen molar-refractivity contribution >= 4 is 37.6 Å². The molecule has 1 heterocycles. The summed E-state index contributed by atoms with van der Waals surface area (Å²) in [7, 11) is 0. The number of hydrogen-bond acceptors (Lipinski definition) is 2. The molecule has 0 bridgehead atoms. The number of alkyl halides is 1. The summed E-state index contributed by atoms with van der Waals surface area (Å²) in [6.45, 7) is 0. The van der Waals surface area contributed by atoms with Gasteiger partial charge in [0, 0.05) is 0 Å². The van der Waals surface area contributed by atoms with E-state index in [0.717, 1.165) is 0 Å². The smallest absolute Gasteiger partial charge is 0.218 e. The van der Waals surface area contributed by atoms with Crippen LogP contribution in [0.3, 0.4) is 0 Å². The Morgan fingerprint density at radius 2 is 2.15 bits per heavy atom. The normalized spacial score (nSPS) is 19.9. The van der Waals surface area contributed by atoms with Gasteiger partial charge in [-0.2, -0.15) is 0 Å². The van der Waals surface area contributed by atoms with Crippen molar-refractivity contribution in [1.29, 1.82) is 0 Å². The predicted octanol–water partition coefficient (Wildman–Crippen LogP) is 2.88. The fourth-order valence-corrected chi connectivity index (χ4v) is 1.87. The number of rotatable bonds is 0. The summed E-state index contributed by atoms with van der Waals surface area (Å²) >= 11 is 6.00. The van der Waals surface area contributed by atoms with Gasteiger partial charge in [-0.3, -0.25) is 4.79 Å². The van der Waals surface area contributed by atoms with E-state index in [1.54, 1.807) is 0 Å². The Balaban J connectivity index is 2.64. The van der Waals surface area contributed by atoms with Gasteiger partial charge in [0.25, 0.3) is 0 Å². The molecule has 68 valence electrons. The van der Waals surface area contributed by atoms with Gasteiger partial charge in [0.05, 0.1) is 10.0 Å². The molecule has 1 atom stereocenters. The zero-order chi connectivity index (χ0) is 9.59. The van der Waals surface area contributed by atoms with E-state index in [9.17, 15) is 9.18 Å². The lowest BCUT2D eigenvalue weighted by Crippen LogP contribution is -2.10. The van der Waals surface area contributed by atoms with Crippen LogP contribution in [0.4, 0.5) is 4.39 Å². The Labute approximate surface area is 90.3 Å². The SMILES string of the molecule is O=C1c2ccc(Br)c(F)c2O[C@@H]1Br. The highest BCUT2D eigenvalue weighted by molar-refractivity contribution is 9.10. The Bertz CT molecular complexity index is 392. The highest BCUT2D eigenvalue weighted by atomic mass is 79.9. The van der Waals surface area contributed by atoms with Crippen molar-refractivity contribution in [1.82, 2.24) is 0 Å². The molecule has 0 aromatic heterocycles. The fourth-order valence-electron chi connectivity index (χ4n) is 1.12. The maximum absolute atomic E-state index is 13.3. The van der Waals surface area contributed by atoms with Gasteiger partial charge in [-0.05, 0) is 44.0 Å². The zero-order valence-electron chi connectivity index (χ0n) is 6.18. The molecular weight excluding hydrogens is 307 g/mol. The summed E-state index contributed by atoms with van der Waals surface area (Å²) in [6.07, 6.45) is 0. The summed E-state index contributed by atoms with van der Waals surface area (Å²) in [6, 6.07) is 3.02. The lowest BCUT2D eigenvalue weighted by Gasteiger charge is -2.01. The van der Waals surface area contributed by atoms with Gasteiger partial charge in [0.15, 0.2) is 11.6 Å². The third-order valence-corrected chi connectivity index (χ3v) is 2.96. The Hall–Kier alpha value is -0.420. The molecule has 0 N–H and O–H groups in total. The van der Waals surface area contributed by atoms with Gasteiger partial charge in [-0.1, -0.05) is 0 Å². The van der Waals surface area contributed by atoms with Crippen molar-refractivity contribution in [3.8, 4) is 5.75 Å². The topological polar surface area (TPSA) is 26.3 Å². The monoisotopic (exact) mass is 308 g/mol. The van der Waals surface area contributed by atoms with Gasteiger partial charge in [-0.25, -0.2) is 4.39 Å². The summed E-state index contributed by atoms with van der Waals surface area (Å²) < 4.78 is 18.6. The van der Waals surface area contributed by atoms with Gasteiger partial charge in [0.1, 0.15) is 0 Å². The van der Waals surface area contributed by atoms with Crippen LogP contribution >= 0.6 is 31.9 Å². The van der Waals surface area contributed by atoms with Gasteiger partial charge >= 0.3 is 0 Å². The largest absolute Gasteiger partial charge is 0.467 e. The van der Waals surface area contributed by atoms with Gasteiger partial charge in [0.2, 0.25) is 10.8 Å². The molecule has 13 heavy (non-hydrogen) atoms. The summed E-state index contributed by atoms with van der Waals surface area (Å²) in [4.78, 5) is 11.3. The van der Waals surface area contributed by atoms with Crippen molar-refractivity contribution in [3.05, 3.63) is 28.0 Å². The number of fused-ring (bicyclic) bond motifs is 1. The van der Waals surface area contributed by atoms with Crippen molar-refractivity contribution in [2.24, 2.45) is 0 Å². The molecule has 0 spiro atoms. The Morgan fingerprint density at radius 1 is 1.46 bits per heavy atom. The molecule has 5 heteroatoms. The number of ketones is 1. The highest BCUT2D eigenvalue weighted by Crippen LogP contribution is 2.36. The minimum Gasteiger partial charge on any atom is -0.467 e. The second kappa shape index (κ2) is 3.06. The second-order valence-electron chi connectivity index (χ2n) is 2.54. The third-order valence-electron chi connectivity index (χ3n) is 1.74. The molecule has 0 aliphatic carbocycles. The average molecular weight is 310 g/mol. The molecule has 1 aromatic carbocycles. The molecule has 0 radical (unpaired) electrons. The van der Waals surface area contributed by atoms with E-state index in [1.165, 1.54) is 12.1 Å². The summed E-state index contributed by atoms with van der Waals surface area (Å²) in [5, 5.41) is -0.758. The maximum atomic E-state index is 13.3. The fraction of sp³-hybridized carbons (Fsp3) is 0.125. The Morgan fingerprint density at radius 3 is 2.85 bits per heavy atom.